The minimum atomic E-state index is -0.235. The first-order valence-corrected chi connectivity index (χ1v) is 10.5. The van der Waals surface area contributed by atoms with Crippen LogP contribution in [0, 0.1) is 11.3 Å². The second kappa shape index (κ2) is 7.49. The summed E-state index contributed by atoms with van der Waals surface area (Å²) >= 11 is 0. The molecule has 2 aliphatic heterocycles. The van der Waals surface area contributed by atoms with Gasteiger partial charge in [0, 0.05) is 75.6 Å². The number of hydrogen-bond donors (Lipinski definition) is 1. The highest BCUT2D eigenvalue weighted by atomic mass is 16.3. The van der Waals surface area contributed by atoms with Crippen LogP contribution in [0.4, 0.5) is 0 Å². The Hall–Kier alpha value is -2.77. The number of rotatable bonds is 5. The van der Waals surface area contributed by atoms with Gasteiger partial charge in [0.1, 0.15) is 5.82 Å². The van der Waals surface area contributed by atoms with Gasteiger partial charge in [-0.05, 0) is 18.1 Å². The number of carbonyl (C=O) groups is 1. The predicted molar refractivity (Wildman–Crippen MR) is 114 cm³/mol. The fraction of sp³-hybridized carbons (Fsp3) is 0.435. The predicted octanol–water partition coefficient (Wildman–Crippen LogP) is 1.58. The molecule has 0 radical (unpaired) electrons. The monoisotopic (exact) mass is 405 g/mol. The maximum absolute atomic E-state index is 13.2. The van der Waals surface area contributed by atoms with E-state index in [1.807, 2.05) is 54.7 Å². The Morgan fingerprint density at radius 2 is 2.10 bits per heavy atom. The summed E-state index contributed by atoms with van der Waals surface area (Å²) in [7, 11) is 2.02. The van der Waals surface area contributed by atoms with Gasteiger partial charge in [-0.3, -0.25) is 9.78 Å². The van der Waals surface area contributed by atoms with Gasteiger partial charge in [-0.2, -0.15) is 0 Å². The molecule has 1 aromatic carbocycles. The zero-order valence-electron chi connectivity index (χ0n) is 17.2. The molecule has 3 aromatic rings. The summed E-state index contributed by atoms with van der Waals surface area (Å²) in [5, 5.41) is 11.2. The summed E-state index contributed by atoms with van der Waals surface area (Å²) in [6.45, 7) is 4.04. The molecule has 1 amide bonds. The van der Waals surface area contributed by atoms with Crippen molar-refractivity contribution < 1.29 is 9.90 Å². The van der Waals surface area contributed by atoms with Gasteiger partial charge in [-0.15, -0.1) is 0 Å². The summed E-state index contributed by atoms with van der Waals surface area (Å²) in [5.74, 6) is 1.38. The molecule has 0 bridgehead atoms. The Balaban J connectivity index is 1.27. The van der Waals surface area contributed by atoms with E-state index in [0.717, 1.165) is 42.8 Å². The van der Waals surface area contributed by atoms with Crippen molar-refractivity contribution in [1.82, 2.24) is 24.3 Å². The van der Waals surface area contributed by atoms with Crippen molar-refractivity contribution in [1.29, 1.82) is 0 Å². The zero-order valence-corrected chi connectivity index (χ0v) is 17.2. The number of aryl methyl sites for hydroxylation is 1. The summed E-state index contributed by atoms with van der Waals surface area (Å²) in [6, 6.07) is 9.75. The third kappa shape index (κ3) is 3.28. The molecule has 7 nitrogen and oxygen atoms in total. The average Bonchev–Trinajstić information content (AvgIpc) is 3.43. The van der Waals surface area contributed by atoms with Crippen LogP contribution in [-0.2, 0) is 13.5 Å². The number of aromatic nitrogens is 3. The van der Waals surface area contributed by atoms with Gasteiger partial charge in [0.05, 0.1) is 17.7 Å². The van der Waals surface area contributed by atoms with Crippen molar-refractivity contribution in [3.8, 4) is 0 Å². The highest BCUT2D eigenvalue weighted by molar-refractivity contribution is 5.97. The molecule has 2 fully saturated rings. The number of hydrogen-bond acceptors (Lipinski definition) is 5. The molecule has 5 rings (SSSR count). The van der Waals surface area contributed by atoms with Gasteiger partial charge in [-0.1, -0.05) is 18.2 Å². The van der Waals surface area contributed by atoms with Crippen LogP contribution in [0.3, 0.4) is 0 Å². The first-order chi connectivity index (χ1) is 14.6. The Morgan fingerprint density at radius 1 is 1.23 bits per heavy atom. The van der Waals surface area contributed by atoms with E-state index in [-0.39, 0.29) is 17.9 Å². The van der Waals surface area contributed by atoms with Crippen LogP contribution >= 0.6 is 0 Å². The fourth-order valence-electron chi connectivity index (χ4n) is 5.11. The maximum atomic E-state index is 13.2. The normalized spacial score (nSPS) is 23.9. The summed E-state index contributed by atoms with van der Waals surface area (Å²) < 4.78 is 2.05. The van der Waals surface area contributed by atoms with Crippen molar-refractivity contribution in [3.63, 3.8) is 0 Å². The fourth-order valence-corrected chi connectivity index (χ4v) is 5.11. The van der Waals surface area contributed by atoms with Gasteiger partial charge in [0.25, 0.3) is 5.91 Å². The molecule has 2 aromatic heterocycles. The van der Waals surface area contributed by atoms with E-state index in [1.54, 1.807) is 6.20 Å². The molecular formula is C23H27N5O2. The molecule has 0 saturated carbocycles. The summed E-state index contributed by atoms with van der Waals surface area (Å²) in [6.07, 6.45) is 6.36. The largest absolute Gasteiger partial charge is 0.396 e. The second-order valence-electron chi connectivity index (χ2n) is 8.76. The van der Waals surface area contributed by atoms with E-state index in [0.29, 0.717) is 24.6 Å². The molecule has 0 unspecified atom stereocenters. The Kier molecular flexibility index (Phi) is 4.79. The molecule has 0 spiro atoms. The number of aliphatic hydroxyl groups excluding tert-OH is 1. The van der Waals surface area contributed by atoms with Crippen molar-refractivity contribution in [2.45, 2.75) is 6.42 Å². The van der Waals surface area contributed by atoms with Crippen molar-refractivity contribution >= 4 is 16.8 Å². The van der Waals surface area contributed by atoms with Crippen LogP contribution < -0.4 is 0 Å². The SMILES string of the molecule is Cn1ccnc1CCN1C[C@H]2CN(C(=O)c3cnc4ccccc4c3)C[C@@]2(CO)C1. The third-order valence-electron chi connectivity index (χ3n) is 6.84. The van der Waals surface area contributed by atoms with Crippen LogP contribution in [0.25, 0.3) is 10.9 Å². The quantitative estimate of drug-likeness (QED) is 0.698. The lowest BCUT2D eigenvalue weighted by molar-refractivity contribution is 0.0721. The summed E-state index contributed by atoms with van der Waals surface area (Å²) in [4.78, 5) is 26.3. The number of benzene rings is 1. The second-order valence-corrected chi connectivity index (χ2v) is 8.76. The molecule has 30 heavy (non-hydrogen) atoms. The van der Waals surface area contributed by atoms with Crippen molar-refractivity contribution in [3.05, 3.63) is 60.3 Å². The van der Waals surface area contributed by atoms with E-state index in [9.17, 15) is 9.90 Å². The smallest absolute Gasteiger partial charge is 0.255 e. The molecule has 7 heteroatoms. The van der Waals surface area contributed by atoms with E-state index in [1.165, 1.54) is 0 Å². The Bertz CT molecular complexity index is 1080. The first-order valence-electron chi connectivity index (χ1n) is 10.5. The zero-order chi connectivity index (χ0) is 20.7. The topological polar surface area (TPSA) is 74.5 Å². The Morgan fingerprint density at radius 3 is 2.87 bits per heavy atom. The number of nitrogens with zero attached hydrogens (tertiary/aromatic N) is 5. The average molecular weight is 406 g/mol. The molecule has 2 aliphatic rings. The van der Waals surface area contributed by atoms with E-state index < -0.39 is 0 Å². The lowest BCUT2D eigenvalue weighted by Crippen LogP contribution is -2.39. The molecule has 1 N–H and O–H groups in total. The number of imidazole rings is 1. The van der Waals surface area contributed by atoms with E-state index >= 15 is 0 Å². The molecule has 2 saturated heterocycles. The highest BCUT2D eigenvalue weighted by Gasteiger charge is 2.53. The van der Waals surface area contributed by atoms with Gasteiger partial charge in [0.15, 0.2) is 0 Å². The number of amides is 1. The van der Waals surface area contributed by atoms with Crippen LogP contribution in [0.15, 0.2) is 48.9 Å². The third-order valence-corrected chi connectivity index (χ3v) is 6.84. The van der Waals surface area contributed by atoms with E-state index in [4.69, 9.17) is 0 Å². The molecular weight excluding hydrogens is 378 g/mol. The van der Waals surface area contributed by atoms with Gasteiger partial charge >= 0.3 is 0 Å². The van der Waals surface area contributed by atoms with Crippen LogP contribution in [0.2, 0.25) is 0 Å². The van der Waals surface area contributed by atoms with Gasteiger partial charge in [0.2, 0.25) is 0 Å². The molecule has 0 aliphatic carbocycles. The number of para-hydroxylation sites is 1. The number of aliphatic hydroxyl groups is 1. The summed E-state index contributed by atoms with van der Waals surface area (Å²) in [5.41, 5.74) is 1.28. The highest BCUT2D eigenvalue weighted by Crippen LogP contribution is 2.42. The number of pyridine rings is 1. The minimum absolute atomic E-state index is 0.00929. The number of likely N-dealkylation sites (tertiary alicyclic amines) is 2. The van der Waals surface area contributed by atoms with Crippen LogP contribution in [0.1, 0.15) is 16.2 Å². The van der Waals surface area contributed by atoms with E-state index in [2.05, 4.69) is 19.4 Å². The Labute approximate surface area is 176 Å². The number of carbonyl (C=O) groups excluding carboxylic acids is 1. The lowest BCUT2D eigenvalue weighted by atomic mass is 9.82. The van der Waals surface area contributed by atoms with Gasteiger partial charge < -0.3 is 19.5 Å². The molecule has 4 heterocycles. The van der Waals surface area contributed by atoms with Crippen molar-refractivity contribution in [2.24, 2.45) is 18.4 Å². The van der Waals surface area contributed by atoms with Crippen molar-refractivity contribution in [2.75, 3.05) is 39.3 Å². The molecule has 156 valence electrons. The standard InChI is InChI=1S/C23H27N5O2/c1-26-9-7-24-21(26)6-8-27-12-19-13-28(15-23(19,14-27)16-29)22(30)18-10-17-4-2-3-5-20(17)25-11-18/h2-5,7,9-11,19,29H,6,8,12-16H2,1H3/t19-,23+/m0/s1. The van der Waals surface area contributed by atoms with Crippen LogP contribution in [0.5, 0.6) is 0 Å². The maximum Gasteiger partial charge on any atom is 0.255 e. The molecule has 2 atom stereocenters. The minimum Gasteiger partial charge on any atom is -0.396 e. The lowest BCUT2D eigenvalue weighted by Gasteiger charge is -2.27. The van der Waals surface area contributed by atoms with Crippen LogP contribution in [-0.4, -0.2) is 74.7 Å². The number of fused-ring (bicyclic) bond motifs is 2. The first kappa shape index (κ1) is 19.2. The van der Waals surface area contributed by atoms with Gasteiger partial charge in [-0.25, -0.2) is 4.98 Å².